The third-order valence-corrected chi connectivity index (χ3v) is 5.66. The normalized spacial score (nSPS) is 11.3. The van der Waals surface area contributed by atoms with E-state index < -0.39 is 10.0 Å². The van der Waals surface area contributed by atoms with Gasteiger partial charge in [0.15, 0.2) is 0 Å². The number of hydrogen-bond donors (Lipinski definition) is 2. The van der Waals surface area contributed by atoms with Gasteiger partial charge in [-0.1, -0.05) is 12.1 Å². The molecule has 0 saturated heterocycles. The number of benzene rings is 2. The molecule has 0 amide bonds. The van der Waals surface area contributed by atoms with Gasteiger partial charge in [-0.05, 0) is 67.8 Å². The monoisotopic (exact) mass is 369 g/mol. The van der Waals surface area contributed by atoms with Crippen LogP contribution >= 0.6 is 0 Å². The molecule has 3 aromatic rings. The summed E-state index contributed by atoms with van der Waals surface area (Å²) in [6.07, 6.45) is 0. The second-order valence-corrected chi connectivity index (χ2v) is 7.85. The van der Waals surface area contributed by atoms with Crippen LogP contribution in [0.1, 0.15) is 16.7 Å². The van der Waals surface area contributed by atoms with Crippen molar-refractivity contribution < 1.29 is 8.42 Å². The van der Waals surface area contributed by atoms with Gasteiger partial charge in [-0.25, -0.2) is 13.5 Å². The number of anilines is 1. The summed E-state index contributed by atoms with van der Waals surface area (Å²) in [6, 6.07) is 13.5. The maximum atomic E-state index is 12.9. The van der Waals surface area contributed by atoms with Crippen molar-refractivity contribution in [2.45, 2.75) is 25.7 Å². The van der Waals surface area contributed by atoms with E-state index in [0.29, 0.717) is 22.5 Å². The van der Waals surface area contributed by atoms with Gasteiger partial charge in [-0.2, -0.15) is 5.10 Å². The molecule has 7 heteroatoms. The van der Waals surface area contributed by atoms with Gasteiger partial charge in [-0.15, -0.1) is 0 Å². The molecule has 26 heavy (non-hydrogen) atoms. The summed E-state index contributed by atoms with van der Waals surface area (Å²) in [5.74, 6) is 0. The minimum absolute atomic E-state index is 0.182. The van der Waals surface area contributed by atoms with E-state index in [-0.39, 0.29) is 10.5 Å². The van der Waals surface area contributed by atoms with Crippen LogP contribution in [0.3, 0.4) is 0 Å². The van der Waals surface area contributed by atoms with E-state index >= 15 is 0 Å². The maximum Gasteiger partial charge on any atom is 0.264 e. The predicted molar refractivity (Wildman–Crippen MR) is 102 cm³/mol. The minimum Gasteiger partial charge on any atom is -0.280 e. The number of H-pyrrole nitrogens is 1. The zero-order valence-electron chi connectivity index (χ0n) is 14.7. The Balaban J connectivity index is 2.08. The quantitative estimate of drug-likeness (QED) is 0.739. The van der Waals surface area contributed by atoms with E-state index in [0.717, 1.165) is 11.1 Å². The molecule has 3 rings (SSSR count). The molecule has 134 valence electrons. The van der Waals surface area contributed by atoms with Crippen molar-refractivity contribution in [1.82, 2.24) is 10.2 Å². The van der Waals surface area contributed by atoms with Crippen molar-refractivity contribution >= 4 is 15.7 Å². The van der Waals surface area contributed by atoms with E-state index in [1.807, 2.05) is 26.0 Å². The Hall–Kier alpha value is -2.93. The number of aryl methyl sites for hydroxylation is 2. The average Bonchev–Trinajstić information content (AvgIpc) is 2.57. The smallest absolute Gasteiger partial charge is 0.264 e. The highest BCUT2D eigenvalue weighted by Gasteiger charge is 2.20. The van der Waals surface area contributed by atoms with Crippen molar-refractivity contribution in [3.05, 3.63) is 75.6 Å². The number of nitrogens with zero attached hydrogens (tertiary/aromatic N) is 1. The van der Waals surface area contributed by atoms with Gasteiger partial charge in [0.25, 0.3) is 15.6 Å². The third-order valence-electron chi connectivity index (χ3n) is 4.15. The van der Waals surface area contributed by atoms with Crippen molar-refractivity contribution in [2.24, 2.45) is 0 Å². The lowest BCUT2D eigenvalue weighted by Crippen LogP contribution is -2.15. The van der Waals surface area contributed by atoms with Crippen molar-refractivity contribution in [3.8, 4) is 11.3 Å². The van der Waals surface area contributed by atoms with Gasteiger partial charge in [0, 0.05) is 17.3 Å². The number of aromatic nitrogens is 2. The van der Waals surface area contributed by atoms with E-state index in [1.165, 1.54) is 6.07 Å². The number of nitrogens with one attached hydrogen (secondary N) is 2. The first-order valence-corrected chi connectivity index (χ1v) is 9.51. The molecule has 0 aliphatic heterocycles. The lowest BCUT2D eigenvalue weighted by atomic mass is 10.0. The lowest BCUT2D eigenvalue weighted by Gasteiger charge is -2.14. The van der Waals surface area contributed by atoms with Gasteiger partial charge in [0.1, 0.15) is 0 Å². The number of sulfonamides is 1. The van der Waals surface area contributed by atoms with E-state index in [4.69, 9.17) is 0 Å². The fourth-order valence-electron chi connectivity index (χ4n) is 2.68. The maximum absolute atomic E-state index is 12.9. The molecule has 1 aromatic heterocycles. The Morgan fingerprint density at radius 1 is 1.00 bits per heavy atom. The molecule has 0 bridgehead atoms. The van der Waals surface area contributed by atoms with Crippen molar-refractivity contribution in [3.63, 3.8) is 0 Å². The molecule has 0 unspecified atom stereocenters. The molecule has 1 heterocycles. The van der Waals surface area contributed by atoms with Crippen LogP contribution in [-0.2, 0) is 10.0 Å². The van der Waals surface area contributed by atoms with E-state index in [9.17, 15) is 13.2 Å². The van der Waals surface area contributed by atoms with Crippen LogP contribution in [0.5, 0.6) is 0 Å². The zero-order chi connectivity index (χ0) is 18.9. The van der Waals surface area contributed by atoms with Crippen LogP contribution in [0.4, 0.5) is 5.69 Å². The summed E-state index contributed by atoms with van der Waals surface area (Å²) in [7, 11) is -3.77. The molecular formula is C19H19N3O3S. The number of aromatic amines is 1. The van der Waals surface area contributed by atoms with Crippen LogP contribution in [0.15, 0.2) is 58.2 Å². The molecule has 0 aliphatic carbocycles. The summed E-state index contributed by atoms with van der Waals surface area (Å²) in [5, 5.41) is 6.35. The van der Waals surface area contributed by atoms with Gasteiger partial charge < -0.3 is 0 Å². The molecule has 0 atom stereocenters. The topological polar surface area (TPSA) is 91.9 Å². The highest BCUT2D eigenvalue weighted by molar-refractivity contribution is 7.92. The first kappa shape index (κ1) is 17.9. The summed E-state index contributed by atoms with van der Waals surface area (Å²) in [5.41, 5.74) is 3.76. The second-order valence-electron chi connectivity index (χ2n) is 6.20. The fraction of sp³-hybridized carbons (Fsp3) is 0.158. The molecule has 0 radical (unpaired) electrons. The first-order chi connectivity index (χ1) is 12.3. The summed E-state index contributed by atoms with van der Waals surface area (Å²) in [6.45, 7) is 5.51. The molecule has 2 aromatic carbocycles. The summed E-state index contributed by atoms with van der Waals surface area (Å²) in [4.78, 5) is 11.4. The Labute approximate surface area is 152 Å². The van der Waals surface area contributed by atoms with Crippen molar-refractivity contribution in [2.75, 3.05) is 4.72 Å². The van der Waals surface area contributed by atoms with Crippen LogP contribution in [0.25, 0.3) is 11.3 Å². The summed E-state index contributed by atoms with van der Waals surface area (Å²) >= 11 is 0. The molecule has 2 N–H and O–H groups in total. The highest BCUT2D eigenvalue weighted by atomic mass is 32.2. The first-order valence-electron chi connectivity index (χ1n) is 8.03. The van der Waals surface area contributed by atoms with Gasteiger partial charge in [-0.3, -0.25) is 9.52 Å². The van der Waals surface area contributed by atoms with Crippen LogP contribution in [-0.4, -0.2) is 18.6 Å². The molecule has 0 fully saturated rings. The van der Waals surface area contributed by atoms with Crippen LogP contribution in [0.2, 0.25) is 0 Å². The van der Waals surface area contributed by atoms with Crippen LogP contribution < -0.4 is 10.3 Å². The molecule has 0 spiro atoms. The Bertz CT molecular complexity index is 1110. The summed E-state index contributed by atoms with van der Waals surface area (Å²) < 4.78 is 28.5. The van der Waals surface area contributed by atoms with Gasteiger partial charge in [0.05, 0.1) is 10.6 Å². The molecule has 0 aliphatic rings. The Morgan fingerprint density at radius 3 is 2.42 bits per heavy atom. The van der Waals surface area contributed by atoms with Crippen molar-refractivity contribution in [1.29, 1.82) is 0 Å². The third kappa shape index (κ3) is 3.67. The zero-order valence-corrected chi connectivity index (χ0v) is 15.5. The van der Waals surface area contributed by atoms with Crippen LogP contribution in [0, 0.1) is 20.8 Å². The molecule has 6 nitrogen and oxygen atoms in total. The molecular weight excluding hydrogens is 350 g/mol. The average molecular weight is 369 g/mol. The number of rotatable bonds is 4. The Kier molecular flexibility index (Phi) is 4.65. The van der Waals surface area contributed by atoms with E-state index in [1.54, 1.807) is 37.3 Å². The number of hydrogen-bond acceptors (Lipinski definition) is 4. The minimum atomic E-state index is -3.77. The Morgan fingerprint density at radius 2 is 1.77 bits per heavy atom. The van der Waals surface area contributed by atoms with Gasteiger partial charge in [0.2, 0.25) is 0 Å². The molecule has 0 saturated carbocycles. The SMILES string of the molecule is Cc1cccc(NS(=O)(=O)c2cc(-c3ccc(=O)[nH]n3)cc(C)c2C)c1. The standard InChI is InChI=1S/C19H19N3O3S/c1-12-5-4-6-16(9-12)22-26(24,25)18-11-15(10-13(2)14(18)3)17-7-8-19(23)21-20-17/h4-11,22H,1-3H3,(H,21,23). The highest BCUT2D eigenvalue weighted by Crippen LogP contribution is 2.28. The largest absolute Gasteiger partial charge is 0.280 e. The lowest BCUT2D eigenvalue weighted by molar-refractivity contribution is 0.600. The fourth-order valence-corrected chi connectivity index (χ4v) is 4.07. The predicted octanol–water partition coefficient (Wildman–Crippen LogP) is 3.16. The second kappa shape index (κ2) is 6.76. The van der Waals surface area contributed by atoms with Gasteiger partial charge >= 0.3 is 0 Å². The van der Waals surface area contributed by atoms with E-state index in [2.05, 4.69) is 14.9 Å².